The standard InChI is InChI=1S/C15H18N2O2/c1-3-19-15(18)13-12(9-10(2)17-14(13)16)11-7-5-4-6-8-11/h4-9,12,17H,3,16H2,1-2H3. The number of dihydropyridines is 1. The highest BCUT2D eigenvalue weighted by molar-refractivity contribution is 5.92. The Bertz CT molecular complexity index is 532. The van der Waals surface area contributed by atoms with Gasteiger partial charge >= 0.3 is 5.97 Å². The minimum atomic E-state index is -0.370. The van der Waals surface area contributed by atoms with Crippen molar-refractivity contribution in [1.29, 1.82) is 0 Å². The molecule has 1 aliphatic heterocycles. The number of allylic oxidation sites excluding steroid dienone is 2. The van der Waals surface area contributed by atoms with E-state index < -0.39 is 0 Å². The lowest BCUT2D eigenvalue weighted by atomic mass is 9.88. The van der Waals surface area contributed by atoms with Crippen molar-refractivity contribution in [3.8, 4) is 0 Å². The van der Waals surface area contributed by atoms with E-state index in [1.54, 1.807) is 6.92 Å². The molecule has 19 heavy (non-hydrogen) atoms. The van der Waals surface area contributed by atoms with E-state index in [0.717, 1.165) is 11.3 Å². The maximum absolute atomic E-state index is 12.1. The van der Waals surface area contributed by atoms with E-state index in [1.807, 2.05) is 43.3 Å². The summed E-state index contributed by atoms with van der Waals surface area (Å²) in [6, 6.07) is 9.79. The number of carbonyl (C=O) groups is 1. The molecule has 0 saturated carbocycles. The number of rotatable bonds is 3. The lowest BCUT2D eigenvalue weighted by Gasteiger charge is -2.25. The van der Waals surface area contributed by atoms with Crippen LogP contribution in [0.3, 0.4) is 0 Å². The van der Waals surface area contributed by atoms with Crippen molar-refractivity contribution in [2.45, 2.75) is 19.8 Å². The molecule has 0 spiro atoms. The van der Waals surface area contributed by atoms with E-state index in [9.17, 15) is 4.79 Å². The van der Waals surface area contributed by atoms with Crippen LogP contribution in [-0.4, -0.2) is 12.6 Å². The van der Waals surface area contributed by atoms with Crippen molar-refractivity contribution in [3.05, 3.63) is 59.1 Å². The number of nitrogens with one attached hydrogen (secondary N) is 1. The van der Waals surface area contributed by atoms with Crippen LogP contribution >= 0.6 is 0 Å². The van der Waals surface area contributed by atoms with Gasteiger partial charge in [-0.25, -0.2) is 4.79 Å². The quantitative estimate of drug-likeness (QED) is 0.814. The van der Waals surface area contributed by atoms with Gasteiger partial charge in [0.15, 0.2) is 0 Å². The molecular weight excluding hydrogens is 240 g/mol. The van der Waals surface area contributed by atoms with Gasteiger partial charge in [-0.1, -0.05) is 36.4 Å². The Kier molecular flexibility index (Phi) is 3.90. The Labute approximate surface area is 112 Å². The fraction of sp³-hybridized carbons (Fsp3) is 0.267. The van der Waals surface area contributed by atoms with Crippen LogP contribution in [0.5, 0.6) is 0 Å². The number of esters is 1. The lowest BCUT2D eigenvalue weighted by molar-refractivity contribution is -0.138. The maximum Gasteiger partial charge on any atom is 0.338 e. The highest BCUT2D eigenvalue weighted by Gasteiger charge is 2.28. The first-order valence-electron chi connectivity index (χ1n) is 6.30. The van der Waals surface area contributed by atoms with Gasteiger partial charge in [0.25, 0.3) is 0 Å². The van der Waals surface area contributed by atoms with E-state index >= 15 is 0 Å². The van der Waals surface area contributed by atoms with Crippen LogP contribution in [0.15, 0.2) is 53.5 Å². The van der Waals surface area contributed by atoms with Gasteiger partial charge in [0, 0.05) is 11.6 Å². The van der Waals surface area contributed by atoms with E-state index in [0.29, 0.717) is 18.0 Å². The van der Waals surface area contributed by atoms with Crippen LogP contribution < -0.4 is 11.1 Å². The molecule has 1 heterocycles. The van der Waals surface area contributed by atoms with Crippen LogP contribution in [0, 0.1) is 0 Å². The molecule has 1 aromatic rings. The first-order chi connectivity index (χ1) is 9.13. The molecule has 3 N–H and O–H groups in total. The van der Waals surface area contributed by atoms with E-state index in [1.165, 1.54) is 0 Å². The molecule has 1 aromatic carbocycles. The molecule has 1 atom stereocenters. The van der Waals surface area contributed by atoms with Crippen LogP contribution in [0.1, 0.15) is 25.3 Å². The molecule has 1 aliphatic rings. The summed E-state index contributed by atoms with van der Waals surface area (Å²) >= 11 is 0. The number of hydrogen-bond donors (Lipinski definition) is 2. The number of ether oxygens (including phenoxy) is 1. The number of benzene rings is 1. The smallest absolute Gasteiger partial charge is 0.338 e. The molecule has 2 rings (SSSR count). The molecule has 0 aromatic heterocycles. The predicted molar refractivity (Wildman–Crippen MR) is 73.9 cm³/mol. The highest BCUT2D eigenvalue weighted by atomic mass is 16.5. The Hall–Kier alpha value is -2.23. The zero-order valence-electron chi connectivity index (χ0n) is 11.1. The Morgan fingerprint density at radius 2 is 2.05 bits per heavy atom. The third-order valence-electron chi connectivity index (χ3n) is 3.00. The first-order valence-corrected chi connectivity index (χ1v) is 6.30. The third kappa shape index (κ3) is 2.78. The van der Waals surface area contributed by atoms with Gasteiger partial charge in [-0.2, -0.15) is 0 Å². The highest BCUT2D eigenvalue weighted by Crippen LogP contribution is 2.31. The minimum Gasteiger partial charge on any atom is -0.463 e. The average Bonchev–Trinajstić information content (AvgIpc) is 2.39. The fourth-order valence-corrected chi connectivity index (χ4v) is 2.19. The summed E-state index contributed by atoms with van der Waals surface area (Å²) in [7, 11) is 0. The Morgan fingerprint density at radius 3 is 2.68 bits per heavy atom. The summed E-state index contributed by atoms with van der Waals surface area (Å²) in [6.07, 6.45) is 1.98. The topological polar surface area (TPSA) is 64.3 Å². The summed E-state index contributed by atoms with van der Waals surface area (Å²) in [5, 5.41) is 2.99. The molecule has 0 fully saturated rings. The number of nitrogens with two attached hydrogens (primary N) is 1. The summed E-state index contributed by atoms with van der Waals surface area (Å²) in [5.41, 5.74) is 8.38. The monoisotopic (exact) mass is 258 g/mol. The molecule has 0 radical (unpaired) electrons. The van der Waals surface area contributed by atoms with Crippen LogP contribution in [0.25, 0.3) is 0 Å². The van der Waals surface area contributed by atoms with Gasteiger partial charge in [0.1, 0.15) is 5.82 Å². The summed E-state index contributed by atoms with van der Waals surface area (Å²) < 4.78 is 5.09. The van der Waals surface area contributed by atoms with Crippen molar-refractivity contribution < 1.29 is 9.53 Å². The normalized spacial score (nSPS) is 18.6. The van der Waals surface area contributed by atoms with Crippen LogP contribution in [0.2, 0.25) is 0 Å². The fourth-order valence-electron chi connectivity index (χ4n) is 2.19. The lowest BCUT2D eigenvalue weighted by Crippen LogP contribution is -2.31. The van der Waals surface area contributed by atoms with E-state index in [-0.39, 0.29) is 11.9 Å². The Morgan fingerprint density at radius 1 is 1.37 bits per heavy atom. The Balaban J connectivity index is 2.42. The van der Waals surface area contributed by atoms with Gasteiger partial charge in [-0.05, 0) is 19.4 Å². The third-order valence-corrected chi connectivity index (χ3v) is 3.00. The van der Waals surface area contributed by atoms with Gasteiger partial charge in [-0.3, -0.25) is 0 Å². The summed E-state index contributed by atoms with van der Waals surface area (Å²) in [4.78, 5) is 12.1. The van der Waals surface area contributed by atoms with Gasteiger partial charge in [0.2, 0.25) is 0 Å². The largest absolute Gasteiger partial charge is 0.463 e. The molecule has 0 aliphatic carbocycles. The summed E-state index contributed by atoms with van der Waals surface area (Å²) in [5.74, 6) is -0.168. The zero-order chi connectivity index (χ0) is 13.8. The first kappa shape index (κ1) is 13.2. The zero-order valence-corrected chi connectivity index (χ0v) is 11.1. The van der Waals surface area contributed by atoms with Gasteiger partial charge in [-0.15, -0.1) is 0 Å². The predicted octanol–water partition coefficient (Wildman–Crippen LogP) is 2.01. The number of hydrogen-bond acceptors (Lipinski definition) is 4. The molecule has 4 heteroatoms. The van der Waals surface area contributed by atoms with Crippen LogP contribution in [0.4, 0.5) is 0 Å². The van der Waals surface area contributed by atoms with Gasteiger partial charge < -0.3 is 15.8 Å². The molecule has 4 nitrogen and oxygen atoms in total. The average molecular weight is 258 g/mol. The molecule has 0 bridgehead atoms. The molecular formula is C15H18N2O2. The molecule has 100 valence electrons. The van der Waals surface area contributed by atoms with Crippen molar-refractivity contribution in [2.24, 2.45) is 5.73 Å². The van der Waals surface area contributed by atoms with Crippen molar-refractivity contribution >= 4 is 5.97 Å². The van der Waals surface area contributed by atoms with Crippen LogP contribution in [-0.2, 0) is 9.53 Å². The van der Waals surface area contributed by atoms with E-state index in [2.05, 4.69) is 5.32 Å². The molecule has 1 unspecified atom stereocenters. The second-order valence-electron chi connectivity index (χ2n) is 4.41. The summed E-state index contributed by atoms with van der Waals surface area (Å²) in [6.45, 7) is 4.04. The van der Waals surface area contributed by atoms with E-state index in [4.69, 9.17) is 10.5 Å². The van der Waals surface area contributed by atoms with Gasteiger partial charge in [0.05, 0.1) is 12.2 Å². The SMILES string of the molecule is CCOC(=O)C1=C(N)NC(C)=CC1c1ccccc1. The van der Waals surface area contributed by atoms with Crippen molar-refractivity contribution in [1.82, 2.24) is 5.32 Å². The maximum atomic E-state index is 12.1. The number of carbonyl (C=O) groups excluding carboxylic acids is 1. The molecule has 0 saturated heterocycles. The second kappa shape index (κ2) is 5.61. The molecule has 0 amide bonds. The van der Waals surface area contributed by atoms with Crippen molar-refractivity contribution in [2.75, 3.05) is 6.61 Å². The van der Waals surface area contributed by atoms with Crippen molar-refractivity contribution in [3.63, 3.8) is 0 Å². The second-order valence-corrected chi connectivity index (χ2v) is 4.41. The minimum absolute atomic E-state index is 0.165.